The van der Waals surface area contributed by atoms with E-state index < -0.39 is 71.4 Å². The number of halogens is 2. The van der Waals surface area contributed by atoms with Crippen molar-refractivity contribution < 1.29 is 37.4 Å². The second-order valence-corrected chi connectivity index (χ2v) is 10.7. The Kier molecular flexibility index (Phi) is 7.98. The van der Waals surface area contributed by atoms with Gasteiger partial charge in [-0.25, -0.2) is 23.2 Å². The first-order valence-corrected chi connectivity index (χ1v) is 14.1. The van der Waals surface area contributed by atoms with Gasteiger partial charge in [0.1, 0.15) is 25.0 Å². The first-order chi connectivity index (χ1) is 21.6. The highest BCUT2D eigenvalue weighted by Gasteiger charge is 2.59. The molecule has 1 saturated heterocycles. The lowest BCUT2D eigenvalue weighted by Gasteiger charge is -2.19. The van der Waals surface area contributed by atoms with Crippen LogP contribution in [-0.2, 0) is 14.2 Å². The molecule has 12 heteroatoms. The van der Waals surface area contributed by atoms with Crippen LogP contribution in [0.15, 0.2) is 107 Å². The van der Waals surface area contributed by atoms with E-state index in [1.807, 2.05) is 0 Å². The highest BCUT2D eigenvalue weighted by molar-refractivity contribution is 5.95. The molecule has 3 aromatic carbocycles. The molecule has 4 aromatic rings. The molecular weight excluding hydrogens is 590 g/mol. The van der Waals surface area contributed by atoms with Crippen LogP contribution in [0.4, 0.5) is 8.78 Å². The molecule has 0 spiro atoms. The molecule has 2 heterocycles. The van der Waals surface area contributed by atoms with Crippen molar-refractivity contribution in [3.8, 4) is 0 Å². The summed E-state index contributed by atoms with van der Waals surface area (Å²) in [6, 6.07) is 23.7. The molecule has 0 amide bonds. The summed E-state index contributed by atoms with van der Waals surface area (Å²) in [5, 5.41) is 0. The average molecular weight is 617 g/mol. The van der Waals surface area contributed by atoms with Gasteiger partial charge in [-0.15, -0.1) is 0 Å². The third-order valence-corrected chi connectivity index (χ3v) is 7.71. The van der Waals surface area contributed by atoms with Gasteiger partial charge >= 0.3 is 17.6 Å². The van der Waals surface area contributed by atoms with Gasteiger partial charge in [0, 0.05) is 30.2 Å². The van der Waals surface area contributed by atoms with Crippen LogP contribution in [-0.4, -0.2) is 51.7 Å². The minimum absolute atomic E-state index is 0.00401. The van der Waals surface area contributed by atoms with Gasteiger partial charge in [-0.2, -0.15) is 4.57 Å². The molecule has 2 fully saturated rings. The fraction of sp³-hybridized carbons (Fsp3) is 0.242. The predicted molar refractivity (Wildman–Crippen MR) is 154 cm³/mol. The van der Waals surface area contributed by atoms with E-state index in [1.165, 1.54) is 36.4 Å². The van der Waals surface area contributed by atoms with Crippen molar-refractivity contribution in [3.63, 3.8) is 0 Å². The van der Waals surface area contributed by atoms with Crippen LogP contribution in [0, 0.1) is 0 Å². The maximum absolute atomic E-state index is 14.2. The first-order valence-electron chi connectivity index (χ1n) is 14.1. The van der Waals surface area contributed by atoms with Crippen LogP contribution in [0.2, 0.25) is 0 Å². The molecule has 1 aromatic heterocycles. The number of nitrogens with zero attached hydrogens (tertiary/aromatic N) is 2. The lowest BCUT2D eigenvalue weighted by atomic mass is 10.1. The van der Waals surface area contributed by atoms with E-state index >= 15 is 0 Å². The number of esters is 2. The zero-order valence-corrected chi connectivity index (χ0v) is 23.6. The summed E-state index contributed by atoms with van der Waals surface area (Å²) in [5.41, 5.74) is -2.20. The molecule has 2 aliphatic rings. The van der Waals surface area contributed by atoms with Crippen molar-refractivity contribution >= 4 is 17.8 Å². The van der Waals surface area contributed by atoms with Gasteiger partial charge in [0.05, 0.1) is 17.0 Å². The molecule has 6 rings (SSSR count). The summed E-state index contributed by atoms with van der Waals surface area (Å²) < 4.78 is 46.8. The fourth-order valence-corrected chi connectivity index (χ4v) is 5.22. The molecule has 1 saturated carbocycles. The maximum Gasteiger partial charge on any atom is 0.340 e. The molecule has 10 nitrogen and oxygen atoms in total. The number of hydrogen-bond donors (Lipinski definition) is 0. The van der Waals surface area contributed by atoms with Gasteiger partial charge in [-0.1, -0.05) is 54.6 Å². The van der Waals surface area contributed by atoms with Crippen LogP contribution >= 0.6 is 0 Å². The van der Waals surface area contributed by atoms with Crippen molar-refractivity contribution in [1.29, 1.82) is 0 Å². The van der Waals surface area contributed by atoms with Crippen LogP contribution in [0.1, 0.15) is 61.6 Å². The summed E-state index contributed by atoms with van der Waals surface area (Å²) in [7, 11) is 0. The Morgan fingerprint density at radius 1 is 0.822 bits per heavy atom. The third-order valence-electron chi connectivity index (χ3n) is 7.71. The minimum Gasteiger partial charge on any atom is -0.459 e. The van der Waals surface area contributed by atoms with Crippen LogP contribution in [0.5, 0.6) is 0 Å². The molecule has 1 aliphatic heterocycles. The lowest BCUT2D eigenvalue weighted by molar-refractivity contribution is -0.0585. The summed E-state index contributed by atoms with van der Waals surface area (Å²) in [4.78, 5) is 66.0. The molecule has 0 N–H and O–H groups in total. The Hall–Kier alpha value is -5.23. The van der Waals surface area contributed by atoms with E-state index in [4.69, 9.17) is 14.2 Å². The number of rotatable bonds is 8. The fourth-order valence-electron chi connectivity index (χ4n) is 5.22. The number of carbonyl (C=O) groups excluding carboxylic acids is 3. The van der Waals surface area contributed by atoms with E-state index in [1.54, 1.807) is 54.6 Å². The second kappa shape index (κ2) is 12.0. The predicted octanol–water partition coefficient (Wildman–Crippen LogP) is 4.19. The normalized spacial score (nSPS) is 21.6. The Labute approximate surface area is 254 Å². The summed E-state index contributed by atoms with van der Waals surface area (Å²) in [5.74, 6) is -7.06. The van der Waals surface area contributed by atoms with Crippen molar-refractivity contribution in [2.75, 3.05) is 6.61 Å². The molecule has 4 atom stereocenters. The largest absolute Gasteiger partial charge is 0.459 e. The smallest absolute Gasteiger partial charge is 0.340 e. The zero-order valence-electron chi connectivity index (χ0n) is 23.6. The van der Waals surface area contributed by atoms with E-state index in [0.717, 1.165) is 10.8 Å². The van der Waals surface area contributed by atoms with E-state index in [2.05, 4.69) is 0 Å². The number of alkyl halides is 2. The second-order valence-electron chi connectivity index (χ2n) is 10.7. The van der Waals surface area contributed by atoms with Crippen molar-refractivity contribution in [2.24, 2.45) is 0 Å². The quantitative estimate of drug-likeness (QED) is 0.270. The molecule has 1 aliphatic carbocycles. The van der Waals surface area contributed by atoms with Crippen molar-refractivity contribution in [1.82, 2.24) is 9.13 Å². The summed E-state index contributed by atoms with van der Waals surface area (Å²) in [6.07, 6.45) is -3.24. The Bertz CT molecular complexity index is 1860. The molecule has 230 valence electrons. The highest BCUT2D eigenvalue weighted by atomic mass is 19.3. The van der Waals surface area contributed by atoms with E-state index in [-0.39, 0.29) is 29.7 Å². The molecule has 0 radical (unpaired) electrons. The number of carbonyl (C=O) groups is 3. The Morgan fingerprint density at radius 3 is 1.91 bits per heavy atom. The Morgan fingerprint density at radius 2 is 1.36 bits per heavy atom. The minimum atomic E-state index is -3.19. The SMILES string of the molecule is O=C(OC[C@H]1O[C@@H](n2cc([C@@H]3CC3(F)F)c(=O)n(C(=O)c3ccccc3)c2=O)C[C@@H]1OC(=O)c1ccccc1)c1ccccc1. The number of benzene rings is 3. The van der Waals surface area contributed by atoms with E-state index in [0.29, 0.717) is 4.57 Å². The van der Waals surface area contributed by atoms with Crippen LogP contribution < -0.4 is 11.2 Å². The van der Waals surface area contributed by atoms with Gasteiger partial charge < -0.3 is 14.2 Å². The molecule has 0 unspecified atom stereocenters. The monoisotopic (exact) mass is 616 g/mol. The van der Waals surface area contributed by atoms with Crippen LogP contribution in [0.3, 0.4) is 0 Å². The average Bonchev–Trinajstić information content (AvgIpc) is 3.51. The van der Waals surface area contributed by atoms with Gasteiger partial charge in [-0.3, -0.25) is 14.2 Å². The zero-order chi connectivity index (χ0) is 31.7. The molecule has 45 heavy (non-hydrogen) atoms. The van der Waals surface area contributed by atoms with Crippen molar-refractivity contribution in [2.45, 2.75) is 43.1 Å². The van der Waals surface area contributed by atoms with Gasteiger partial charge in [-0.05, 0) is 36.4 Å². The first kappa shape index (κ1) is 29.8. The summed E-state index contributed by atoms with van der Waals surface area (Å²) >= 11 is 0. The van der Waals surface area contributed by atoms with E-state index in [9.17, 15) is 32.8 Å². The van der Waals surface area contributed by atoms with Gasteiger partial charge in [0.2, 0.25) is 0 Å². The molecular formula is C33H26F2N2O8. The Balaban J connectivity index is 1.35. The maximum atomic E-state index is 14.2. The topological polar surface area (TPSA) is 123 Å². The lowest BCUT2D eigenvalue weighted by Crippen LogP contribution is -2.46. The third kappa shape index (κ3) is 6.09. The van der Waals surface area contributed by atoms with Crippen molar-refractivity contribution in [3.05, 3.63) is 140 Å². The standard InChI is InChI=1S/C33H26F2N2O8/c34-33(35)17-24(33)23-18-36(32(42)37(29(23)39)28(38)20-10-4-1-5-11-20)27-16-25(45-31(41)22-14-8-3-9-15-22)26(44-27)19-43-30(40)21-12-6-2-7-13-21/h1-15,18,24-27H,16-17,19H2/t24-,25-,26+,27+/m0/s1. The molecule has 0 bridgehead atoms. The number of aromatic nitrogens is 2. The highest BCUT2D eigenvalue weighted by Crippen LogP contribution is 2.54. The van der Waals surface area contributed by atoms with Gasteiger partial charge in [0.25, 0.3) is 17.4 Å². The van der Waals surface area contributed by atoms with Crippen LogP contribution in [0.25, 0.3) is 0 Å². The summed E-state index contributed by atoms with van der Waals surface area (Å²) in [6.45, 7) is -0.387. The van der Waals surface area contributed by atoms with Gasteiger partial charge in [0.15, 0.2) is 0 Å². The number of ether oxygens (including phenoxy) is 3. The number of hydrogen-bond acceptors (Lipinski definition) is 8.